The van der Waals surface area contributed by atoms with Crippen molar-refractivity contribution in [1.82, 2.24) is 0 Å². The molecule has 5 heteroatoms. The Kier molecular flexibility index (Phi) is 4.98. The van der Waals surface area contributed by atoms with Crippen LogP contribution in [0.3, 0.4) is 0 Å². The average molecular weight is 352 g/mol. The van der Waals surface area contributed by atoms with Gasteiger partial charge in [0.05, 0.1) is 13.7 Å². The van der Waals surface area contributed by atoms with Crippen LogP contribution in [0.2, 0.25) is 0 Å². The third kappa shape index (κ3) is 3.72. The van der Waals surface area contributed by atoms with Crippen molar-refractivity contribution in [2.24, 2.45) is 0 Å². The number of fused-ring (bicyclic) bond motifs is 1. The molecule has 0 spiro atoms. The van der Waals surface area contributed by atoms with Crippen molar-refractivity contribution >= 4 is 11.0 Å². The van der Waals surface area contributed by atoms with E-state index in [0.29, 0.717) is 18.1 Å². The fraction of sp³-hybridized carbons (Fsp3) is 0.190. The Bertz CT molecular complexity index is 999. The first-order valence-corrected chi connectivity index (χ1v) is 8.20. The van der Waals surface area contributed by atoms with Crippen LogP contribution in [0.1, 0.15) is 13.3 Å². The van der Waals surface area contributed by atoms with Crippen molar-refractivity contribution in [1.29, 1.82) is 0 Å². The van der Waals surface area contributed by atoms with Crippen molar-refractivity contribution in [3.8, 4) is 28.6 Å². The third-order valence-corrected chi connectivity index (χ3v) is 3.96. The number of methoxy groups -OCH3 is 1. The fourth-order valence-corrected chi connectivity index (χ4v) is 2.56. The van der Waals surface area contributed by atoms with Crippen LogP contribution in [0.4, 0.5) is 0 Å². The maximum Gasteiger partial charge on any atom is 0.197 e. The molecule has 3 rings (SSSR count). The van der Waals surface area contributed by atoms with E-state index in [-0.39, 0.29) is 22.1 Å². The molecule has 0 radical (unpaired) electrons. The summed E-state index contributed by atoms with van der Waals surface area (Å²) >= 11 is 0. The minimum atomic E-state index is -0.316. The van der Waals surface area contributed by atoms with Crippen molar-refractivity contribution < 1.29 is 19.0 Å². The topological polar surface area (TPSA) is 68.9 Å². The highest BCUT2D eigenvalue weighted by Gasteiger charge is 2.12. The van der Waals surface area contributed by atoms with Gasteiger partial charge in [0.2, 0.25) is 0 Å². The van der Waals surface area contributed by atoms with Gasteiger partial charge in [-0.05, 0) is 31.2 Å². The molecule has 1 aromatic heterocycles. The van der Waals surface area contributed by atoms with Gasteiger partial charge in [0.15, 0.2) is 5.43 Å². The quantitative estimate of drug-likeness (QED) is 0.661. The number of phenolic OH excluding ortho intramolecular Hbond substituents is 1. The van der Waals surface area contributed by atoms with Crippen LogP contribution < -0.4 is 14.9 Å². The predicted molar refractivity (Wildman–Crippen MR) is 101 cm³/mol. The van der Waals surface area contributed by atoms with E-state index in [1.54, 1.807) is 6.07 Å². The van der Waals surface area contributed by atoms with E-state index in [1.165, 1.54) is 19.2 Å². The number of aromatic hydroxyl groups is 1. The van der Waals surface area contributed by atoms with Gasteiger partial charge in [0.1, 0.15) is 34.0 Å². The molecule has 0 amide bonds. The van der Waals surface area contributed by atoms with Crippen LogP contribution in [-0.4, -0.2) is 18.8 Å². The fourth-order valence-electron chi connectivity index (χ4n) is 2.56. The second-order valence-electron chi connectivity index (χ2n) is 6.07. The molecule has 0 bridgehead atoms. The Hall–Kier alpha value is -3.21. The molecule has 2 aromatic carbocycles. The molecule has 134 valence electrons. The van der Waals surface area contributed by atoms with E-state index in [0.717, 1.165) is 23.3 Å². The Morgan fingerprint density at radius 1 is 1.15 bits per heavy atom. The average Bonchev–Trinajstić information content (AvgIpc) is 2.61. The monoisotopic (exact) mass is 352 g/mol. The lowest BCUT2D eigenvalue weighted by Crippen LogP contribution is -2.01. The zero-order valence-electron chi connectivity index (χ0n) is 14.7. The van der Waals surface area contributed by atoms with Gasteiger partial charge in [-0.15, -0.1) is 6.58 Å². The number of benzene rings is 2. The number of phenols is 1. The highest BCUT2D eigenvalue weighted by atomic mass is 16.5. The molecule has 0 saturated heterocycles. The summed E-state index contributed by atoms with van der Waals surface area (Å²) in [5.41, 5.74) is 1.76. The Balaban J connectivity index is 1.92. The van der Waals surface area contributed by atoms with Gasteiger partial charge in [-0.3, -0.25) is 4.79 Å². The van der Waals surface area contributed by atoms with Crippen LogP contribution in [0, 0.1) is 0 Å². The molecule has 5 nitrogen and oxygen atoms in total. The van der Waals surface area contributed by atoms with Gasteiger partial charge in [0.25, 0.3) is 0 Å². The molecule has 0 fully saturated rings. The molecular weight excluding hydrogens is 332 g/mol. The zero-order valence-corrected chi connectivity index (χ0v) is 14.7. The molecule has 1 heterocycles. The first-order valence-electron chi connectivity index (χ1n) is 8.20. The summed E-state index contributed by atoms with van der Waals surface area (Å²) in [6, 6.07) is 11.6. The SMILES string of the molecule is C=C(C)CCOc1ccc(-c2cc(=O)c3c(O)cc(OC)cc3o2)cc1. The molecule has 0 unspecified atom stereocenters. The first-order chi connectivity index (χ1) is 12.5. The number of rotatable bonds is 6. The summed E-state index contributed by atoms with van der Waals surface area (Å²) in [6.45, 7) is 6.37. The second-order valence-corrected chi connectivity index (χ2v) is 6.07. The van der Waals surface area contributed by atoms with Gasteiger partial charge >= 0.3 is 0 Å². The van der Waals surface area contributed by atoms with Crippen LogP contribution in [0.25, 0.3) is 22.3 Å². The molecule has 1 N–H and O–H groups in total. The van der Waals surface area contributed by atoms with Gasteiger partial charge in [-0.2, -0.15) is 0 Å². The maximum absolute atomic E-state index is 12.4. The lowest BCUT2D eigenvalue weighted by Gasteiger charge is -2.08. The van der Waals surface area contributed by atoms with Crippen LogP contribution in [-0.2, 0) is 0 Å². The Labute approximate surface area is 151 Å². The summed E-state index contributed by atoms with van der Waals surface area (Å²) in [4.78, 5) is 12.4. The Morgan fingerprint density at radius 3 is 2.54 bits per heavy atom. The van der Waals surface area contributed by atoms with Crippen molar-refractivity contribution in [3.05, 3.63) is 64.8 Å². The molecule has 0 aliphatic rings. The molecule has 0 aliphatic carbocycles. The summed E-state index contributed by atoms with van der Waals surface area (Å²) in [6.07, 6.45) is 0.798. The van der Waals surface area contributed by atoms with Crippen LogP contribution in [0.15, 0.2) is 63.8 Å². The van der Waals surface area contributed by atoms with E-state index < -0.39 is 0 Å². The standard InChI is InChI=1S/C21H20O5/c1-13(2)8-9-25-15-6-4-14(5-7-15)19-12-18(23)21-17(22)10-16(24-3)11-20(21)26-19/h4-7,10-12,22H,1,8-9H2,2-3H3. The smallest absolute Gasteiger partial charge is 0.197 e. The molecule has 26 heavy (non-hydrogen) atoms. The lowest BCUT2D eigenvalue weighted by atomic mass is 10.1. The summed E-state index contributed by atoms with van der Waals surface area (Å²) in [7, 11) is 1.48. The molecule has 3 aromatic rings. The lowest BCUT2D eigenvalue weighted by molar-refractivity contribution is 0.322. The Morgan fingerprint density at radius 2 is 1.88 bits per heavy atom. The van der Waals surface area contributed by atoms with Gasteiger partial charge in [-0.25, -0.2) is 0 Å². The maximum atomic E-state index is 12.4. The largest absolute Gasteiger partial charge is 0.507 e. The summed E-state index contributed by atoms with van der Waals surface area (Å²) < 4.78 is 16.6. The van der Waals surface area contributed by atoms with Crippen LogP contribution in [0.5, 0.6) is 17.2 Å². The number of hydrogen-bond donors (Lipinski definition) is 1. The predicted octanol–water partition coefficient (Wildman–Crippen LogP) is 4.52. The van der Waals surface area contributed by atoms with Crippen LogP contribution >= 0.6 is 0 Å². The number of ether oxygens (including phenoxy) is 2. The van der Waals surface area contributed by atoms with Crippen molar-refractivity contribution in [3.63, 3.8) is 0 Å². The van der Waals surface area contributed by atoms with Gasteiger partial charge in [0, 0.05) is 30.2 Å². The first kappa shape index (κ1) is 17.6. The van der Waals surface area contributed by atoms with E-state index >= 15 is 0 Å². The highest BCUT2D eigenvalue weighted by Crippen LogP contribution is 2.31. The molecule has 0 atom stereocenters. The van der Waals surface area contributed by atoms with E-state index in [9.17, 15) is 9.90 Å². The van der Waals surface area contributed by atoms with E-state index in [2.05, 4.69) is 6.58 Å². The van der Waals surface area contributed by atoms with E-state index in [1.807, 2.05) is 31.2 Å². The van der Waals surface area contributed by atoms with Gasteiger partial charge in [-0.1, -0.05) is 5.57 Å². The summed E-state index contributed by atoms with van der Waals surface area (Å²) in [5.74, 6) is 1.39. The van der Waals surface area contributed by atoms with Crippen molar-refractivity contribution in [2.75, 3.05) is 13.7 Å². The molecular formula is C21H20O5. The summed E-state index contributed by atoms with van der Waals surface area (Å²) in [5, 5.41) is 10.2. The third-order valence-electron chi connectivity index (χ3n) is 3.96. The molecule has 0 saturated carbocycles. The normalized spacial score (nSPS) is 10.7. The van der Waals surface area contributed by atoms with Gasteiger partial charge < -0.3 is 19.0 Å². The minimum absolute atomic E-state index is 0.134. The number of hydrogen-bond acceptors (Lipinski definition) is 5. The van der Waals surface area contributed by atoms with Crippen molar-refractivity contribution in [2.45, 2.75) is 13.3 Å². The molecule has 0 aliphatic heterocycles. The zero-order chi connectivity index (χ0) is 18.7. The highest BCUT2D eigenvalue weighted by molar-refractivity contribution is 5.86. The minimum Gasteiger partial charge on any atom is -0.507 e. The second kappa shape index (κ2) is 7.35. The van der Waals surface area contributed by atoms with E-state index in [4.69, 9.17) is 13.9 Å².